The summed E-state index contributed by atoms with van der Waals surface area (Å²) in [5.74, 6) is -0.580. The third kappa shape index (κ3) is 3.87. The van der Waals surface area contributed by atoms with Crippen LogP contribution in [0.2, 0.25) is 0 Å². The molecule has 2 N–H and O–H groups in total. The van der Waals surface area contributed by atoms with Gasteiger partial charge in [0, 0.05) is 24.5 Å². The number of carbonyl (C=O) groups is 1. The first-order valence-corrected chi connectivity index (χ1v) is 10.7. The number of sulfonamides is 1. The minimum Gasteiger partial charge on any atom is -0.375 e. The van der Waals surface area contributed by atoms with Crippen LogP contribution in [0.15, 0.2) is 65.7 Å². The zero-order valence-electron chi connectivity index (χ0n) is 15.7. The molecule has 0 unspecified atom stereocenters. The predicted molar refractivity (Wildman–Crippen MR) is 108 cm³/mol. The van der Waals surface area contributed by atoms with E-state index in [1.165, 1.54) is 10.4 Å². The molecule has 8 heteroatoms. The number of nitrogens with two attached hydrogens (primary N) is 1. The molecule has 1 atom stereocenters. The van der Waals surface area contributed by atoms with E-state index in [-0.39, 0.29) is 24.5 Å². The first-order valence-electron chi connectivity index (χ1n) is 9.25. The van der Waals surface area contributed by atoms with Crippen LogP contribution in [0.3, 0.4) is 0 Å². The van der Waals surface area contributed by atoms with Crippen molar-refractivity contribution in [2.45, 2.75) is 30.5 Å². The largest absolute Gasteiger partial charge is 0.375 e. The fourth-order valence-corrected chi connectivity index (χ4v) is 5.38. The first kappa shape index (κ1) is 19.5. The molecular formula is C21H21N3O4S. The molecule has 150 valence electrons. The van der Waals surface area contributed by atoms with E-state index in [1.807, 2.05) is 36.4 Å². The molecule has 0 saturated heterocycles. The zero-order chi connectivity index (χ0) is 20.4. The monoisotopic (exact) mass is 411 g/mol. The Morgan fingerprint density at radius 1 is 1.10 bits per heavy atom. The van der Waals surface area contributed by atoms with Gasteiger partial charge in [0.1, 0.15) is 4.90 Å². The predicted octanol–water partition coefficient (Wildman–Crippen LogP) is 2.20. The number of rotatable bonds is 4. The lowest BCUT2D eigenvalue weighted by Gasteiger charge is -2.33. The van der Waals surface area contributed by atoms with Crippen LogP contribution in [0.4, 0.5) is 0 Å². The lowest BCUT2D eigenvalue weighted by atomic mass is 10.1. The van der Waals surface area contributed by atoms with E-state index in [0.717, 1.165) is 16.5 Å². The number of pyridine rings is 1. The standard InChI is InChI=1S/C21H21N3O4S/c22-20(25)11-18-14-28-13-17-6-2-1-5-16(17)12-24(18)29(26,27)19-9-3-7-15-8-4-10-23-21(15)19/h1-10,18H,11-14H2,(H2,22,25)/t18-/m1/s1. The van der Waals surface area contributed by atoms with Gasteiger partial charge in [-0.2, -0.15) is 4.31 Å². The van der Waals surface area contributed by atoms with Crippen LogP contribution >= 0.6 is 0 Å². The van der Waals surface area contributed by atoms with E-state index in [0.29, 0.717) is 12.1 Å². The Balaban J connectivity index is 1.85. The quantitative estimate of drug-likeness (QED) is 0.709. The van der Waals surface area contributed by atoms with Gasteiger partial charge in [0.25, 0.3) is 0 Å². The Labute approximate surface area is 169 Å². The molecule has 1 aliphatic heterocycles. The molecule has 1 aliphatic rings. The van der Waals surface area contributed by atoms with Crippen molar-refractivity contribution in [3.63, 3.8) is 0 Å². The van der Waals surface area contributed by atoms with E-state index in [9.17, 15) is 13.2 Å². The second-order valence-electron chi connectivity index (χ2n) is 6.99. The Morgan fingerprint density at radius 3 is 2.66 bits per heavy atom. The summed E-state index contributed by atoms with van der Waals surface area (Å²) in [6.45, 7) is 0.562. The van der Waals surface area contributed by atoms with Crippen molar-refractivity contribution in [3.05, 3.63) is 71.9 Å². The molecule has 0 aliphatic carbocycles. The second-order valence-corrected chi connectivity index (χ2v) is 8.85. The molecule has 1 aromatic heterocycles. The molecular weight excluding hydrogens is 390 g/mol. The number of ether oxygens (including phenoxy) is 1. The molecule has 3 aromatic rings. The highest BCUT2D eigenvalue weighted by Crippen LogP contribution is 2.29. The SMILES string of the molecule is NC(=O)C[C@@H]1COCc2ccccc2CN1S(=O)(=O)c1cccc2cccnc12. The van der Waals surface area contributed by atoms with Crippen molar-refractivity contribution in [3.8, 4) is 0 Å². The lowest BCUT2D eigenvalue weighted by molar-refractivity contribution is -0.119. The van der Waals surface area contributed by atoms with Crippen LogP contribution < -0.4 is 5.73 Å². The van der Waals surface area contributed by atoms with E-state index >= 15 is 0 Å². The maximum atomic E-state index is 13.7. The highest BCUT2D eigenvalue weighted by Gasteiger charge is 2.35. The van der Waals surface area contributed by atoms with Gasteiger partial charge in [0.05, 0.1) is 24.8 Å². The minimum absolute atomic E-state index is 0.0781. The van der Waals surface area contributed by atoms with Crippen molar-refractivity contribution in [1.29, 1.82) is 0 Å². The molecule has 2 aromatic carbocycles. The number of hydrogen-bond acceptors (Lipinski definition) is 5. The number of carbonyl (C=O) groups excluding carboxylic acids is 1. The maximum absolute atomic E-state index is 13.7. The second kappa shape index (κ2) is 7.90. The van der Waals surface area contributed by atoms with Crippen LogP contribution in [0.25, 0.3) is 10.9 Å². The smallest absolute Gasteiger partial charge is 0.245 e. The molecule has 0 saturated carbocycles. The number of nitrogens with zero attached hydrogens (tertiary/aromatic N) is 2. The van der Waals surface area contributed by atoms with Gasteiger partial charge in [-0.1, -0.05) is 42.5 Å². The normalized spacial score (nSPS) is 18.0. The summed E-state index contributed by atoms with van der Waals surface area (Å²) in [6.07, 6.45) is 1.44. The van der Waals surface area contributed by atoms with Gasteiger partial charge in [0.15, 0.2) is 0 Å². The summed E-state index contributed by atoms with van der Waals surface area (Å²) in [4.78, 5) is 16.1. The lowest BCUT2D eigenvalue weighted by Crippen LogP contribution is -2.45. The number of amides is 1. The van der Waals surface area contributed by atoms with Crippen molar-refractivity contribution in [2.75, 3.05) is 6.61 Å². The summed E-state index contributed by atoms with van der Waals surface area (Å²) in [7, 11) is -3.98. The summed E-state index contributed by atoms with van der Waals surface area (Å²) in [5, 5.41) is 0.726. The molecule has 2 heterocycles. The van der Waals surface area contributed by atoms with E-state index in [2.05, 4.69) is 4.98 Å². The van der Waals surface area contributed by atoms with Gasteiger partial charge in [-0.05, 0) is 23.3 Å². The van der Waals surface area contributed by atoms with Crippen LogP contribution in [-0.2, 0) is 32.7 Å². The molecule has 0 spiro atoms. The first-order chi connectivity index (χ1) is 14.0. The third-order valence-corrected chi connectivity index (χ3v) is 6.97. The van der Waals surface area contributed by atoms with Gasteiger partial charge >= 0.3 is 0 Å². The Kier molecular flexibility index (Phi) is 5.31. The van der Waals surface area contributed by atoms with Gasteiger partial charge in [0.2, 0.25) is 15.9 Å². The molecule has 4 rings (SSSR count). The number of para-hydroxylation sites is 1. The molecule has 0 bridgehead atoms. The summed E-state index contributed by atoms with van der Waals surface area (Å²) in [6, 6.07) is 15.4. The van der Waals surface area contributed by atoms with Crippen molar-refractivity contribution >= 4 is 26.8 Å². The Hall–Kier alpha value is -2.81. The van der Waals surface area contributed by atoms with Crippen LogP contribution in [0, 0.1) is 0 Å². The molecule has 0 fully saturated rings. The Bertz CT molecular complexity index is 1160. The number of primary amides is 1. The van der Waals surface area contributed by atoms with Gasteiger partial charge in [-0.3, -0.25) is 9.78 Å². The van der Waals surface area contributed by atoms with E-state index in [1.54, 1.807) is 18.3 Å². The Morgan fingerprint density at radius 2 is 1.86 bits per heavy atom. The molecule has 0 radical (unpaired) electrons. The number of fused-ring (bicyclic) bond motifs is 2. The van der Waals surface area contributed by atoms with Crippen LogP contribution in [-0.4, -0.2) is 36.3 Å². The number of aromatic nitrogens is 1. The average molecular weight is 411 g/mol. The van der Waals surface area contributed by atoms with Crippen LogP contribution in [0.5, 0.6) is 0 Å². The number of hydrogen-bond donors (Lipinski definition) is 1. The van der Waals surface area contributed by atoms with E-state index in [4.69, 9.17) is 10.5 Å². The van der Waals surface area contributed by atoms with Crippen molar-refractivity contribution < 1.29 is 17.9 Å². The van der Waals surface area contributed by atoms with Crippen molar-refractivity contribution in [2.24, 2.45) is 5.73 Å². The maximum Gasteiger partial charge on any atom is 0.245 e. The highest BCUT2D eigenvalue weighted by atomic mass is 32.2. The molecule has 29 heavy (non-hydrogen) atoms. The highest BCUT2D eigenvalue weighted by molar-refractivity contribution is 7.89. The van der Waals surface area contributed by atoms with Crippen LogP contribution in [0.1, 0.15) is 17.5 Å². The summed E-state index contributed by atoms with van der Waals surface area (Å²) < 4.78 is 34.5. The van der Waals surface area contributed by atoms with Crippen molar-refractivity contribution in [1.82, 2.24) is 9.29 Å². The minimum atomic E-state index is -3.98. The fourth-order valence-electron chi connectivity index (χ4n) is 3.62. The van der Waals surface area contributed by atoms with E-state index < -0.39 is 22.0 Å². The molecule has 1 amide bonds. The zero-order valence-corrected chi connectivity index (χ0v) is 16.5. The van der Waals surface area contributed by atoms with Gasteiger partial charge in [-0.15, -0.1) is 0 Å². The number of benzene rings is 2. The van der Waals surface area contributed by atoms with Gasteiger partial charge in [-0.25, -0.2) is 8.42 Å². The fraction of sp³-hybridized carbons (Fsp3) is 0.238. The topological polar surface area (TPSA) is 103 Å². The third-order valence-electron chi connectivity index (χ3n) is 5.04. The average Bonchev–Trinajstić information content (AvgIpc) is 2.69. The summed E-state index contributed by atoms with van der Waals surface area (Å²) in [5.41, 5.74) is 7.56. The molecule has 7 nitrogen and oxygen atoms in total. The summed E-state index contributed by atoms with van der Waals surface area (Å²) >= 11 is 0. The van der Waals surface area contributed by atoms with Gasteiger partial charge < -0.3 is 10.5 Å².